The van der Waals surface area contributed by atoms with Crippen molar-refractivity contribution in [2.45, 2.75) is 32.6 Å². The van der Waals surface area contributed by atoms with Gasteiger partial charge in [0.15, 0.2) is 11.5 Å². The molecule has 0 bridgehead atoms. The Morgan fingerprint density at radius 1 is 1.33 bits per heavy atom. The number of nitrogens with zero attached hydrogens (tertiary/aromatic N) is 1. The molecule has 21 heavy (non-hydrogen) atoms. The lowest BCUT2D eigenvalue weighted by molar-refractivity contribution is -0.133. The first kappa shape index (κ1) is 14.6. The van der Waals surface area contributed by atoms with E-state index in [2.05, 4.69) is 20.8 Å². The van der Waals surface area contributed by atoms with Crippen molar-refractivity contribution in [2.24, 2.45) is 5.41 Å². The SMILES string of the molecule is CC(C)(C)CC(=O)N1CCS[C@H]1c1ccc2c(c1)OCO2. The van der Waals surface area contributed by atoms with E-state index >= 15 is 0 Å². The highest BCUT2D eigenvalue weighted by Crippen LogP contribution is 2.42. The summed E-state index contributed by atoms with van der Waals surface area (Å²) in [5, 5.41) is 0.0920. The molecular weight excluding hydrogens is 286 g/mol. The van der Waals surface area contributed by atoms with Crippen molar-refractivity contribution in [3.8, 4) is 11.5 Å². The molecule has 1 saturated heterocycles. The predicted octanol–water partition coefficient (Wildman–Crippen LogP) is 3.43. The summed E-state index contributed by atoms with van der Waals surface area (Å²) in [6.07, 6.45) is 0.578. The van der Waals surface area contributed by atoms with E-state index in [4.69, 9.17) is 9.47 Å². The average Bonchev–Trinajstić information content (AvgIpc) is 3.04. The van der Waals surface area contributed by atoms with Gasteiger partial charge in [-0.15, -0.1) is 11.8 Å². The van der Waals surface area contributed by atoms with Crippen LogP contribution in [0.2, 0.25) is 0 Å². The van der Waals surface area contributed by atoms with Crippen molar-refractivity contribution >= 4 is 17.7 Å². The summed E-state index contributed by atoms with van der Waals surface area (Å²) >= 11 is 1.81. The number of fused-ring (bicyclic) bond motifs is 1. The third-order valence-corrected chi connectivity index (χ3v) is 4.84. The van der Waals surface area contributed by atoms with Gasteiger partial charge >= 0.3 is 0 Å². The number of amides is 1. The van der Waals surface area contributed by atoms with Gasteiger partial charge < -0.3 is 14.4 Å². The molecule has 2 heterocycles. The number of hydrogen-bond acceptors (Lipinski definition) is 4. The molecular formula is C16H21NO3S. The van der Waals surface area contributed by atoms with E-state index in [1.165, 1.54) is 0 Å². The fourth-order valence-electron chi connectivity index (χ4n) is 2.62. The Hall–Kier alpha value is -1.36. The molecule has 0 saturated carbocycles. The first-order valence-electron chi connectivity index (χ1n) is 7.25. The lowest BCUT2D eigenvalue weighted by Gasteiger charge is -2.27. The molecule has 0 N–H and O–H groups in total. The van der Waals surface area contributed by atoms with Gasteiger partial charge in [-0.1, -0.05) is 26.8 Å². The van der Waals surface area contributed by atoms with Crippen molar-refractivity contribution in [2.75, 3.05) is 19.1 Å². The van der Waals surface area contributed by atoms with Crippen molar-refractivity contribution in [3.05, 3.63) is 23.8 Å². The molecule has 1 atom stereocenters. The minimum Gasteiger partial charge on any atom is -0.454 e. The van der Waals surface area contributed by atoms with E-state index in [0.717, 1.165) is 29.4 Å². The lowest BCUT2D eigenvalue weighted by atomic mass is 9.91. The van der Waals surface area contributed by atoms with Gasteiger partial charge in [-0.3, -0.25) is 4.79 Å². The van der Waals surface area contributed by atoms with E-state index in [-0.39, 0.29) is 23.5 Å². The van der Waals surface area contributed by atoms with Gasteiger partial charge in [-0.2, -0.15) is 0 Å². The molecule has 0 aliphatic carbocycles. The van der Waals surface area contributed by atoms with Gasteiger partial charge in [-0.05, 0) is 23.1 Å². The maximum Gasteiger partial charge on any atom is 0.231 e. The van der Waals surface area contributed by atoms with Crippen LogP contribution >= 0.6 is 11.8 Å². The summed E-state index contributed by atoms with van der Waals surface area (Å²) < 4.78 is 10.8. The summed E-state index contributed by atoms with van der Waals surface area (Å²) in [6, 6.07) is 5.97. The zero-order valence-electron chi connectivity index (χ0n) is 12.7. The molecule has 114 valence electrons. The highest BCUT2D eigenvalue weighted by molar-refractivity contribution is 7.99. The predicted molar refractivity (Wildman–Crippen MR) is 83.5 cm³/mol. The Kier molecular flexibility index (Phi) is 3.78. The standard InChI is InChI=1S/C16H21NO3S/c1-16(2,3)9-14(18)17-6-7-21-15(17)11-4-5-12-13(8-11)20-10-19-12/h4-5,8,15H,6-7,9-10H2,1-3H3/t15-/m0/s1. The molecule has 1 amide bonds. The van der Waals surface area contributed by atoms with Crippen LogP contribution in [0.25, 0.3) is 0 Å². The summed E-state index contributed by atoms with van der Waals surface area (Å²) in [6.45, 7) is 7.40. The summed E-state index contributed by atoms with van der Waals surface area (Å²) in [5.41, 5.74) is 1.13. The van der Waals surface area contributed by atoms with Crippen LogP contribution in [0.15, 0.2) is 18.2 Å². The van der Waals surface area contributed by atoms with Gasteiger partial charge in [0.05, 0.1) is 0 Å². The summed E-state index contributed by atoms with van der Waals surface area (Å²) in [4.78, 5) is 14.5. The van der Waals surface area contributed by atoms with Crippen molar-refractivity contribution in [3.63, 3.8) is 0 Å². The van der Waals surface area contributed by atoms with E-state index < -0.39 is 0 Å². The van der Waals surface area contributed by atoms with Crippen LogP contribution < -0.4 is 9.47 Å². The molecule has 5 heteroatoms. The molecule has 2 aliphatic heterocycles. The van der Waals surface area contributed by atoms with Crippen LogP contribution in [0, 0.1) is 5.41 Å². The number of carbonyl (C=O) groups is 1. The number of thioether (sulfide) groups is 1. The molecule has 3 rings (SSSR count). The highest BCUT2D eigenvalue weighted by atomic mass is 32.2. The van der Waals surface area contributed by atoms with Crippen LogP contribution in [0.4, 0.5) is 0 Å². The largest absolute Gasteiger partial charge is 0.454 e. The number of carbonyl (C=O) groups excluding carboxylic acids is 1. The second kappa shape index (κ2) is 5.44. The quantitative estimate of drug-likeness (QED) is 0.839. The molecule has 0 aromatic heterocycles. The van der Waals surface area contributed by atoms with Crippen molar-refractivity contribution < 1.29 is 14.3 Å². The Bertz CT molecular complexity index is 553. The topological polar surface area (TPSA) is 38.8 Å². The van der Waals surface area contributed by atoms with Gasteiger partial charge in [0.2, 0.25) is 12.7 Å². The lowest BCUT2D eigenvalue weighted by Crippen LogP contribution is -2.33. The second-order valence-electron chi connectivity index (χ2n) is 6.66. The molecule has 1 aromatic rings. The molecule has 1 aromatic carbocycles. The van der Waals surface area contributed by atoms with Crippen molar-refractivity contribution in [1.82, 2.24) is 4.90 Å². The van der Waals surface area contributed by atoms with Crippen molar-refractivity contribution in [1.29, 1.82) is 0 Å². The zero-order valence-corrected chi connectivity index (χ0v) is 13.5. The van der Waals surface area contributed by atoms with E-state index in [9.17, 15) is 4.79 Å². The van der Waals surface area contributed by atoms with E-state index in [1.54, 1.807) is 0 Å². The number of ether oxygens (including phenoxy) is 2. The number of rotatable bonds is 2. The molecule has 0 radical (unpaired) electrons. The fraction of sp³-hybridized carbons (Fsp3) is 0.562. The first-order valence-corrected chi connectivity index (χ1v) is 8.29. The normalized spacial score (nSPS) is 20.9. The fourth-order valence-corrected chi connectivity index (χ4v) is 3.89. The second-order valence-corrected chi connectivity index (χ2v) is 7.85. The first-order chi connectivity index (χ1) is 9.94. The highest BCUT2D eigenvalue weighted by Gasteiger charge is 2.33. The third kappa shape index (κ3) is 3.12. The van der Waals surface area contributed by atoms with Crippen LogP contribution in [0.3, 0.4) is 0 Å². The van der Waals surface area contributed by atoms with Gasteiger partial charge in [0.1, 0.15) is 5.37 Å². The maximum absolute atomic E-state index is 12.5. The zero-order chi connectivity index (χ0) is 15.0. The molecule has 1 fully saturated rings. The molecule has 0 spiro atoms. The summed E-state index contributed by atoms with van der Waals surface area (Å²) in [7, 11) is 0. The molecule has 0 unspecified atom stereocenters. The third-order valence-electron chi connectivity index (χ3n) is 3.57. The van der Waals surface area contributed by atoms with Crippen LogP contribution in [0.5, 0.6) is 11.5 Å². The molecule has 2 aliphatic rings. The monoisotopic (exact) mass is 307 g/mol. The Balaban J connectivity index is 1.79. The number of hydrogen-bond donors (Lipinski definition) is 0. The van der Waals surface area contributed by atoms with Crippen LogP contribution in [0.1, 0.15) is 38.1 Å². The number of benzene rings is 1. The smallest absolute Gasteiger partial charge is 0.231 e. The van der Waals surface area contributed by atoms with Gasteiger partial charge in [0.25, 0.3) is 0 Å². The minimum absolute atomic E-state index is 0.0176. The maximum atomic E-state index is 12.5. The van der Waals surface area contributed by atoms with Gasteiger partial charge in [0, 0.05) is 18.7 Å². The van der Waals surface area contributed by atoms with Gasteiger partial charge in [-0.25, -0.2) is 0 Å². The Labute approximate surface area is 129 Å². The van der Waals surface area contributed by atoms with Crippen LogP contribution in [-0.2, 0) is 4.79 Å². The molecule has 4 nitrogen and oxygen atoms in total. The Morgan fingerprint density at radius 2 is 2.10 bits per heavy atom. The van der Waals surface area contributed by atoms with E-state index in [0.29, 0.717) is 6.42 Å². The minimum atomic E-state index is 0.0176. The van der Waals surface area contributed by atoms with Crippen LogP contribution in [-0.4, -0.2) is 29.9 Å². The summed E-state index contributed by atoms with van der Waals surface area (Å²) in [5.74, 6) is 2.78. The van der Waals surface area contributed by atoms with E-state index in [1.807, 2.05) is 34.9 Å². The Morgan fingerprint density at radius 3 is 2.86 bits per heavy atom. The average molecular weight is 307 g/mol.